The molecular formula is C15H20O. The van der Waals surface area contributed by atoms with Gasteiger partial charge in [-0.2, -0.15) is 0 Å². The minimum atomic E-state index is 0.838. The van der Waals surface area contributed by atoms with Gasteiger partial charge in [-0.3, -0.25) is 0 Å². The van der Waals surface area contributed by atoms with E-state index in [1.807, 2.05) is 0 Å². The van der Waals surface area contributed by atoms with E-state index in [1.165, 1.54) is 25.7 Å². The highest BCUT2D eigenvalue weighted by Crippen LogP contribution is 2.49. The van der Waals surface area contributed by atoms with Gasteiger partial charge in [-0.05, 0) is 53.9 Å². The summed E-state index contributed by atoms with van der Waals surface area (Å²) in [7, 11) is 1.76. The zero-order valence-electron chi connectivity index (χ0n) is 10.2. The van der Waals surface area contributed by atoms with Gasteiger partial charge in [0.05, 0.1) is 7.11 Å². The van der Waals surface area contributed by atoms with Crippen LogP contribution in [0.15, 0.2) is 18.2 Å². The smallest absolute Gasteiger partial charge is 0.119 e. The highest BCUT2D eigenvalue weighted by Gasteiger charge is 2.37. The van der Waals surface area contributed by atoms with Crippen LogP contribution in [0.25, 0.3) is 0 Å². The van der Waals surface area contributed by atoms with Gasteiger partial charge >= 0.3 is 0 Å². The molecule has 0 N–H and O–H groups in total. The third-order valence-corrected chi connectivity index (χ3v) is 4.63. The number of hydrogen-bond acceptors (Lipinski definition) is 1. The summed E-state index contributed by atoms with van der Waals surface area (Å²) < 4.78 is 5.32. The Bertz CT molecular complexity index is 396. The Morgan fingerprint density at radius 2 is 2.12 bits per heavy atom. The first-order chi connectivity index (χ1) is 7.79. The maximum atomic E-state index is 5.32. The van der Waals surface area contributed by atoms with Crippen molar-refractivity contribution in [2.75, 3.05) is 7.11 Å². The second-order valence-electron chi connectivity index (χ2n) is 5.45. The van der Waals surface area contributed by atoms with Crippen molar-refractivity contribution in [3.05, 3.63) is 29.3 Å². The number of ether oxygens (including phenoxy) is 1. The van der Waals surface area contributed by atoms with E-state index in [1.54, 1.807) is 18.2 Å². The Morgan fingerprint density at radius 3 is 2.94 bits per heavy atom. The van der Waals surface area contributed by atoms with Crippen molar-refractivity contribution in [2.24, 2.45) is 11.8 Å². The van der Waals surface area contributed by atoms with Gasteiger partial charge in [0.2, 0.25) is 0 Å². The SMILES string of the molecule is COc1ccc2c(c1)CC1C(C)CCCC21. The first kappa shape index (κ1) is 10.2. The summed E-state index contributed by atoms with van der Waals surface area (Å²) in [5.41, 5.74) is 3.15. The van der Waals surface area contributed by atoms with Gasteiger partial charge in [0.1, 0.15) is 5.75 Å². The third kappa shape index (κ3) is 1.45. The van der Waals surface area contributed by atoms with Gasteiger partial charge in [-0.1, -0.05) is 25.8 Å². The van der Waals surface area contributed by atoms with Crippen molar-refractivity contribution in [3.63, 3.8) is 0 Å². The van der Waals surface area contributed by atoms with E-state index < -0.39 is 0 Å². The highest BCUT2D eigenvalue weighted by molar-refractivity contribution is 5.42. The largest absolute Gasteiger partial charge is 0.497 e. The maximum Gasteiger partial charge on any atom is 0.119 e. The molecule has 86 valence electrons. The van der Waals surface area contributed by atoms with Gasteiger partial charge in [-0.25, -0.2) is 0 Å². The molecule has 16 heavy (non-hydrogen) atoms. The van der Waals surface area contributed by atoms with Crippen LogP contribution in [-0.4, -0.2) is 7.11 Å². The Morgan fingerprint density at radius 1 is 1.25 bits per heavy atom. The lowest BCUT2D eigenvalue weighted by Crippen LogP contribution is -2.21. The van der Waals surface area contributed by atoms with Crippen LogP contribution in [0.4, 0.5) is 0 Å². The van der Waals surface area contributed by atoms with Crippen molar-refractivity contribution in [2.45, 2.75) is 38.5 Å². The summed E-state index contributed by atoms with van der Waals surface area (Å²) in [5, 5.41) is 0. The Hall–Kier alpha value is -0.980. The van der Waals surface area contributed by atoms with Crippen molar-refractivity contribution >= 4 is 0 Å². The number of fused-ring (bicyclic) bond motifs is 3. The zero-order chi connectivity index (χ0) is 11.1. The predicted molar refractivity (Wildman–Crippen MR) is 65.9 cm³/mol. The quantitative estimate of drug-likeness (QED) is 0.694. The van der Waals surface area contributed by atoms with Crippen LogP contribution in [0, 0.1) is 11.8 Å². The molecule has 1 fully saturated rings. The van der Waals surface area contributed by atoms with E-state index in [2.05, 4.69) is 25.1 Å². The van der Waals surface area contributed by atoms with Crippen LogP contribution < -0.4 is 4.74 Å². The Balaban J connectivity index is 1.96. The van der Waals surface area contributed by atoms with Gasteiger partial charge in [0, 0.05) is 0 Å². The third-order valence-electron chi connectivity index (χ3n) is 4.63. The molecule has 3 unspecified atom stereocenters. The van der Waals surface area contributed by atoms with Crippen LogP contribution in [0.1, 0.15) is 43.2 Å². The second-order valence-corrected chi connectivity index (χ2v) is 5.45. The minimum absolute atomic E-state index is 0.838. The monoisotopic (exact) mass is 216 g/mol. The molecule has 1 aromatic carbocycles. The molecule has 3 atom stereocenters. The fraction of sp³-hybridized carbons (Fsp3) is 0.600. The molecule has 2 aliphatic rings. The number of hydrogen-bond donors (Lipinski definition) is 0. The average molecular weight is 216 g/mol. The van der Waals surface area contributed by atoms with Crippen molar-refractivity contribution in [1.29, 1.82) is 0 Å². The standard InChI is InChI=1S/C15H20O/c1-10-4-3-5-14-13-7-6-12(16-2)8-11(13)9-15(10)14/h6-8,10,14-15H,3-5,9H2,1-2H3. The molecule has 1 heteroatoms. The highest BCUT2D eigenvalue weighted by atomic mass is 16.5. The van der Waals surface area contributed by atoms with Crippen LogP contribution in [0.2, 0.25) is 0 Å². The summed E-state index contributed by atoms with van der Waals surface area (Å²) in [4.78, 5) is 0. The summed E-state index contributed by atoms with van der Waals surface area (Å²) in [6.45, 7) is 2.43. The van der Waals surface area contributed by atoms with E-state index in [9.17, 15) is 0 Å². The molecule has 1 nitrogen and oxygen atoms in total. The van der Waals surface area contributed by atoms with Gasteiger partial charge < -0.3 is 4.74 Å². The lowest BCUT2D eigenvalue weighted by atomic mass is 9.73. The molecule has 0 heterocycles. The molecule has 3 rings (SSSR count). The van der Waals surface area contributed by atoms with E-state index in [0.29, 0.717) is 0 Å². The summed E-state index contributed by atoms with van der Waals surface area (Å²) >= 11 is 0. The van der Waals surface area contributed by atoms with Crippen LogP contribution in [-0.2, 0) is 6.42 Å². The molecule has 0 bridgehead atoms. The minimum Gasteiger partial charge on any atom is -0.497 e. The second kappa shape index (κ2) is 3.80. The maximum absolute atomic E-state index is 5.32. The molecule has 1 saturated carbocycles. The fourth-order valence-corrected chi connectivity index (χ4v) is 3.72. The van der Waals surface area contributed by atoms with Crippen molar-refractivity contribution < 1.29 is 4.74 Å². The average Bonchev–Trinajstić information content (AvgIpc) is 2.68. The van der Waals surface area contributed by atoms with Crippen LogP contribution >= 0.6 is 0 Å². The van der Waals surface area contributed by atoms with Gasteiger partial charge in [0.25, 0.3) is 0 Å². The Labute approximate surface area is 97.8 Å². The summed E-state index contributed by atoms with van der Waals surface area (Å²) in [6.07, 6.45) is 5.51. The summed E-state index contributed by atoms with van der Waals surface area (Å²) in [5.74, 6) is 3.66. The van der Waals surface area contributed by atoms with E-state index >= 15 is 0 Å². The molecule has 0 spiro atoms. The van der Waals surface area contributed by atoms with Gasteiger partial charge in [0.15, 0.2) is 0 Å². The molecule has 2 aliphatic carbocycles. The lowest BCUT2D eigenvalue weighted by molar-refractivity contribution is 0.236. The number of benzene rings is 1. The van der Waals surface area contributed by atoms with Crippen LogP contribution in [0.3, 0.4) is 0 Å². The number of rotatable bonds is 1. The first-order valence-corrected chi connectivity index (χ1v) is 6.46. The molecule has 0 aromatic heterocycles. The molecule has 0 radical (unpaired) electrons. The zero-order valence-corrected chi connectivity index (χ0v) is 10.2. The van der Waals surface area contributed by atoms with Crippen LogP contribution in [0.5, 0.6) is 5.75 Å². The fourth-order valence-electron chi connectivity index (χ4n) is 3.72. The lowest BCUT2D eigenvalue weighted by Gasteiger charge is -2.31. The molecule has 0 aliphatic heterocycles. The molecule has 1 aromatic rings. The van der Waals surface area contributed by atoms with E-state index in [-0.39, 0.29) is 0 Å². The Kier molecular flexibility index (Phi) is 2.42. The summed E-state index contributed by atoms with van der Waals surface area (Å²) in [6, 6.07) is 6.68. The van der Waals surface area contributed by atoms with Crippen molar-refractivity contribution in [3.8, 4) is 5.75 Å². The topological polar surface area (TPSA) is 9.23 Å². The number of methoxy groups -OCH3 is 1. The predicted octanol–water partition coefficient (Wildman–Crippen LogP) is 3.77. The normalized spacial score (nSPS) is 32.0. The van der Waals surface area contributed by atoms with Crippen molar-refractivity contribution in [1.82, 2.24) is 0 Å². The molecule has 0 amide bonds. The van der Waals surface area contributed by atoms with Gasteiger partial charge in [-0.15, -0.1) is 0 Å². The van der Waals surface area contributed by atoms with E-state index in [4.69, 9.17) is 4.74 Å². The molecule has 0 saturated heterocycles. The first-order valence-electron chi connectivity index (χ1n) is 6.46. The molecular weight excluding hydrogens is 196 g/mol. The van der Waals surface area contributed by atoms with E-state index in [0.717, 1.165) is 23.5 Å².